The first-order valence-electron chi connectivity index (χ1n) is 9.70. The van der Waals surface area contributed by atoms with Gasteiger partial charge < -0.3 is 0 Å². The first-order chi connectivity index (χ1) is 14.7. The van der Waals surface area contributed by atoms with Gasteiger partial charge in [0, 0.05) is 17.7 Å². The number of para-hydroxylation sites is 1. The van der Waals surface area contributed by atoms with Gasteiger partial charge in [-0.25, -0.2) is 14.3 Å². The minimum absolute atomic E-state index is 0.0614. The SMILES string of the molecule is O=C1[C@@H](Cc2ccccc2)N=C2c3ccccc3N=C(SCc3ccc(F)cc3)N12. The van der Waals surface area contributed by atoms with Crippen LogP contribution in [0.2, 0.25) is 0 Å². The third-order valence-corrected chi connectivity index (χ3v) is 6.11. The Morgan fingerprint density at radius 2 is 1.63 bits per heavy atom. The number of hydrogen-bond donors (Lipinski definition) is 0. The monoisotopic (exact) mass is 415 g/mol. The fraction of sp³-hybridized carbons (Fsp3) is 0.125. The van der Waals surface area contributed by atoms with E-state index in [9.17, 15) is 9.18 Å². The quantitative estimate of drug-likeness (QED) is 0.605. The Kier molecular flexibility index (Phi) is 4.93. The van der Waals surface area contributed by atoms with Crippen LogP contribution in [0.15, 0.2) is 88.8 Å². The summed E-state index contributed by atoms with van der Waals surface area (Å²) >= 11 is 1.46. The number of fused-ring (bicyclic) bond motifs is 3. The Bertz CT molecular complexity index is 1160. The van der Waals surface area contributed by atoms with E-state index >= 15 is 0 Å². The fourth-order valence-electron chi connectivity index (χ4n) is 3.60. The summed E-state index contributed by atoms with van der Waals surface area (Å²) in [7, 11) is 0. The van der Waals surface area contributed by atoms with Crippen molar-refractivity contribution in [1.82, 2.24) is 4.90 Å². The largest absolute Gasteiger partial charge is 0.271 e. The van der Waals surface area contributed by atoms with Crippen molar-refractivity contribution >= 4 is 34.4 Å². The predicted molar refractivity (Wildman–Crippen MR) is 119 cm³/mol. The number of rotatable bonds is 4. The van der Waals surface area contributed by atoms with Gasteiger partial charge in [-0.2, -0.15) is 0 Å². The lowest BCUT2D eigenvalue weighted by atomic mass is 10.1. The molecule has 0 radical (unpaired) electrons. The molecule has 30 heavy (non-hydrogen) atoms. The van der Waals surface area contributed by atoms with Gasteiger partial charge in [-0.1, -0.05) is 66.4 Å². The van der Waals surface area contributed by atoms with Crippen LogP contribution in [-0.4, -0.2) is 27.9 Å². The van der Waals surface area contributed by atoms with Gasteiger partial charge in [0.1, 0.15) is 17.7 Å². The van der Waals surface area contributed by atoms with Crippen molar-refractivity contribution in [3.63, 3.8) is 0 Å². The minimum atomic E-state index is -0.467. The van der Waals surface area contributed by atoms with Crippen molar-refractivity contribution < 1.29 is 9.18 Å². The van der Waals surface area contributed by atoms with Gasteiger partial charge in [0.15, 0.2) is 5.17 Å². The summed E-state index contributed by atoms with van der Waals surface area (Å²) in [5, 5.41) is 0.609. The highest BCUT2D eigenvalue weighted by Crippen LogP contribution is 2.34. The van der Waals surface area contributed by atoms with Crippen LogP contribution in [0.25, 0.3) is 0 Å². The van der Waals surface area contributed by atoms with E-state index in [1.54, 1.807) is 17.0 Å². The molecule has 4 nitrogen and oxygen atoms in total. The highest BCUT2D eigenvalue weighted by Gasteiger charge is 2.41. The molecule has 0 saturated heterocycles. The molecule has 2 aliphatic rings. The smallest absolute Gasteiger partial charge is 0.259 e. The van der Waals surface area contributed by atoms with Gasteiger partial charge in [-0.05, 0) is 35.4 Å². The summed E-state index contributed by atoms with van der Waals surface area (Å²) in [6.45, 7) is 0. The normalized spacial score (nSPS) is 17.3. The molecule has 0 N–H and O–H groups in total. The molecule has 148 valence electrons. The molecule has 1 atom stereocenters. The third kappa shape index (κ3) is 3.55. The second-order valence-electron chi connectivity index (χ2n) is 7.16. The number of thioether (sulfide) groups is 1. The number of amidine groups is 2. The van der Waals surface area contributed by atoms with Crippen molar-refractivity contribution in [2.75, 3.05) is 0 Å². The molecule has 0 spiro atoms. The highest BCUT2D eigenvalue weighted by molar-refractivity contribution is 8.13. The van der Waals surface area contributed by atoms with E-state index in [1.165, 1.54) is 23.9 Å². The molecule has 0 bridgehead atoms. The van der Waals surface area contributed by atoms with Gasteiger partial charge in [-0.15, -0.1) is 0 Å². The van der Waals surface area contributed by atoms with Crippen LogP contribution in [-0.2, 0) is 17.0 Å². The highest BCUT2D eigenvalue weighted by atomic mass is 32.2. The molecule has 1 amide bonds. The molecule has 0 unspecified atom stereocenters. The second-order valence-corrected chi connectivity index (χ2v) is 8.10. The van der Waals surface area contributed by atoms with Crippen molar-refractivity contribution in [1.29, 1.82) is 0 Å². The van der Waals surface area contributed by atoms with E-state index in [2.05, 4.69) is 0 Å². The van der Waals surface area contributed by atoms with Gasteiger partial charge in [0.2, 0.25) is 0 Å². The Morgan fingerprint density at radius 3 is 2.43 bits per heavy atom. The first kappa shape index (κ1) is 18.8. The van der Waals surface area contributed by atoms with Crippen LogP contribution >= 0.6 is 11.8 Å². The van der Waals surface area contributed by atoms with Gasteiger partial charge in [0.05, 0.1) is 5.69 Å². The maximum absolute atomic E-state index is 13.3. The van der Waals surface area contributed by atoms with E-state index in [4.69, 9.17) is 9.98 Å². The molecule has 0 saturated carbocycles. The summed E-state index contributed by atoms with van der Waals surface area (Å²) in [6.07, 6.45) is 0.553. The molecule has 0 fully saturated rings. The van der Waals surface area contributed by atoms with Gasteiger partial charge in [0.25, 0.3) is 5.91 Å². The lowest BCUT2D eigenvalue weighted by Crippen LogP contribution is -2.41. The summed E-state index contributed by atoms with van der Waals surface area (Å²) in [4.78, 5) is 24.5. The molecule has 2 aliphatic heterocycles. The average molecular weight is 415 g/mol. The molecule has 0 aliphatic carbocycles. The first-order valence-corrected chi connectivity index (χ1v) is 10.7. The van der Waals surface area contributed by atoms with Gasteiger partial charge in [-0.3, -0.25) is 9.79 Å². The molecule has 2 heterocycles. The standard InChI is InChI=1S/C24H18FN3OS/c25-18-12-10-17(11-13-18)15-30-24-27-20-9-5-4-8-19(20)22-26-21(23(29)28(22)24)14-16-6-2-1-3-7-16/h1-13,21H,14-15H2/t21-/m1/s1. The number of carbonyl (C=O) groups excluding carboxylic acids is 1. The van der Waals surface area contributed by atoms with Crippen molar-refractivity contribution in [3.05, 3.63) is 101 Å². The van der Waals surface area contributed by atoms with Crippen molar-refractivity contribution in [2.45, 2.75) is 18.2 Å². The number of amides is 1. The Labute approximate surface area is 178 Å². The summed E-state index contributed by atoms with van der Waals surface area (Å²) in [6, 6.07) is 23.6. The van der Waals surface area contributed by atoms with E-state index in [0.717, 1.165) is 22.4 Å². The van der Waals surface area contributed by atoms with Crippen LogP contribution < -0.4 is 0 Å². The number of nitrogens with zero attached hydrogens (tertiary/aromatic N) is 3. The molecule has 3 aromatic rings. The number of benzene rings is 3. The lowest BCUT2D eigenvalue weighted by molar-refractivity contribution is -0.124. The number of aliphatic imine (C=N–C) groups is 2. The van der Waals surface area contributed by atoms with Crippen LogP contribution in [0.5, 0.6) is 0 Å². The zero-order chi connectivity index (χ0) is 20.5. The van der Waals surface area contributed by atoms with E-state index in [1.807, 2.05) is 54.6 Å². The third-order valence-electron chi connectivity index (χ3n) is 5.10. The number of hydrogen-bond acceptors (Lipinski definition) is 4. The average Bonchev–Trinajstić information content (AvgIpc) is 3.10. The number of halogens is 1. The molecule has 3 aromatic carbocycles. The minimum Gasteiger partial charge on any atom is -0.271 e. The zero-order valence-corrected chi connectivity index (χ0v) is 16.8. The van der Waals surface area contributed by atoms with Crippen LogP contribution in [0.1, 0.15) is 16.7 Å². The summed E-state index contributed by atoms with van der Waals surface area (Å²) in [5.41, 5.74) is 3.72. The van der Waals surface area contributed by atoms with Gasteiger partial charge >= 0.3 is 0 Å². The molecule has 5 rings (SSSR count). The Balaban J connectivity index is 1.45. The van der Waals surface area contributed by atoms with Crippen LogP contribution in [0.3, 0.4) is 0 Å². The Hall–Kier alpha value is -3.25. The van der Waals surface area contributed by atoms with Crippen LogP contribution in [0, 0.1) is 5.82 Å². The molecule has 6 heteroatoms. The topological polar surface area (TPSA) is 45.0 Å². The predicted octanol–water partition coefficient (Wildman–Crippen LogP) is 4.96. The molecular weight excluding hydrogens is 397 g/mol. The summed E-state index contributed by atoms with van der Waals surface area (Å²) < 4.78 is 13.2. The second kappa shape index (κ2) is 7.88. The molecular formula is C24H18FN3OS. The number of carbonyl (C=O) groups is 1. The Morgan fingerprint density at radius 1 is 0.900 bits per heavy atom. The van der Waals surface area contributed by atoms with E-state index in [-0.39, 0.29) is 11.7 Å². The maximum Gasteiger partial charge on any atom is 0.259 e. The van der Waals surface area contributed by atoms with E-state index < -0.39 is 6.04 Å². The maximum atomic E-state index is 13.3. The lowest BCUT2D eigenvalue weighted by Gasteiger charge is -2.25. The van der Waals surface area contributed by atoms with E-state index in [0.29, 0.717) is 23.2 Å². The zero-order valence-electron chi connectivity index (χ0n) is 16.0. The van der Waals surface area contributed by atoms with Crippen molar-refractivity contribution in [3.8, 4) is 0 Å². The summed E-state index contributed by atoms with van der Waals surface area (Å²) in [5.74, 6) is 0.921. The molecule has 0 aromatic heterocycles. The fourth-order valence-corrected chi connectivity index (χ4v) is 4.55. The van der Waals surface area contributed by atoms with Crippen LogP contribution in [0.4, 0.5) is 10.1 Å². The van der Waals surface area contributed by atoms with Crippen molar-refractivity contribution in [2.24, 2.45) is 9.98 Å².